The molecule has 0 atom stereocenters. The van der Waals surface area contributed by atoms with Crippen molar-refractivity contribution in [1.82, 2.24) is 14.5 Å². The number of aromatic nitrogens is 2. The monoisotopic (exact) mass is 385 g/mol. The molecule has 3 heterocycles. The van der Waals surface area contributed by atoms with Gasteiger partial charge in [0, 0.05) is 22.9 Å². The summed E-state index contributed by atoms with van der Waals surface area (Å²) in [6, 6.07) is 6.51. The smallest absolute Gasteiger partial charge is 0.263 e. The third-order valence-electron chi connectivity index (χ3n) is 5.39. The normalized spacial score (nSPS) is 16.5. The molecule has 3 aromatic rings. The molecule has 0 aliphatic carbocycles. The van der Waals surface area contributed by atoms with Gasteiger partial charge >= 0.3 is 0 Å². The lowest BCUT2D eigenvalue weighted by Gasteiger charge is -2.32. The number of fused-ring (bicyclic) bond motifs is 1. The van der Waals surface area contributed by atoms with Crippen LogP contribution >= 0.6 is 11.3 Å². The van der Waals surface area contributed by atoms with Gasteiger partial charge in [-0.3, -0.25) is 9.36 Å². The van der Waals surface area contributed by atoms with Crippen molar-refractivity contribution < 1.29 is 4.39 Å². The molecule has 6 heteroatoms. The van der Waals surface area contributed by atoms with E-state index < -0.39 is 0 Å². The number of hydrogen-bond acceptors (Lipinski definition) is 4. The predicted octanol–water partition coefficient (Wildman–Crippen LogP) is 4.65. The zero-order chi connectivity index (χ0) is 19.1. The van der Waals surface area contributed by atoms with E-state index in [0.717, 1.165) is 47.7 Å². The van der Waals surface area contributed by atoms with Gasteiger partial charge in [-0.15, -0.1) is 11.3 Å². The van der Waals surface area contributed by atoms with Crippen molar-refractivity contribution in [3.63, 3.8) is 0 Å². The number of halogens is 1. The molecule has 0 spiro atoms. The number of hydrogen-bond donors (Lipinski definition) is 0. The predicted molar refractivity (Wildman–Crippen MR) is 109 cm³/mol. The Balaban J connectivity index is 1.91. The van der Waals surface area contributed by atoms with Crippen LogP contribution in [0.5, 0.6) is 0 Å². The average molecular weight is 386 g/mol. The molecule has 0 radical (unpaired) electrons. The highest BCUT2D eigenvalue weighted by Gasteiger charge is 2.26. The summed E-state index contributed by atoms with van der Waals surface area (Å²) in [5.41, 5.74) is 1.75. The zero-order valence-electron chi connectivity index (χ0n) is 15.9. The Kier molecular flexibility index (Phi) is 4.86. The van der Waals surface area contributed by atoms with Crippen LogP contribution in [0.1, 0.15) is 44.5 Å². The number of benzene rings is 1. The molecule has 0 bridgehead atoms. The van der Waals surface area contributed by atoms with Crippen LogP contribution in [0.3, 0.4) is 0 Å². The Morgan fingerprint density at radius 3 is 2.48 bits per heavy atom. The molecule has 1 fully saturated rings. The van der Waals surface area contributed by atoms with Crippen LogP contribution in [-0.4, -0.2) is 34.6 Å². The van der Waals surface area contributed by atoms with Crippen molar-refractivity contribution in [1.29, 1.82) is 0 Å². The highest BCUT2D eigenvalue weighted by Crippen LogP contribution is 2.33. The van der Waals surface area contributed by atoms with Gasteiger partial charge in [0.1, 0.15) is 16.5 Å². The first-order valence-corrected chi connectivity index (χ1v) is 10.3. The van der Waals surface area contributed by atoms with Crippen LogP contribution in [0.15, 0.2) is 34.4 Å². The Hall–Kier alpha value is -2.05. The first kappa shape index (κ1) is 18.3. The Labute approximate surface area is 162 Å². The van der Waals surface area contributed by atoms with E-state index in [2.05, 4.69) is 25.8 Å². The molecule has 2 aromatic heterocycles. The van der Waals surface area contributed by atoms with Crippen LogP contribution in [0, 0.1) is 5.82 Å². The van der Waals surface area contributed by atoms with E-state index in [1.54, 1.807) is 12.1 Å². The van der Waals surface area contributed by atoms with Crippen molar-refractivity contribution in [2.45, 2.75) is 38.6 Å². The summed E-state index contributed by atoms with van der Waals surface area (Å²) >= 11 is 1.49. The Bertz CT molecular complexity index is 1010. The number of likely N-dealkylation sites (tertiary alicyclic amines) is 1. The second kappa shape index (κ2) is 7.17. The molecular weight excluding hydrogens is 361 g/mol. The fourth-order valence-corrected chi connectivity index (χ4v) is 4.82. The second-order valence-electron chi connectivity index (χ2n) is 7.67. The van der Waals surface area contributed by atoms with E-state index in [-0.39, 0.29) is 23.3 Å². The quantitative estimate of drug-likeness (QED) is 0.658. The first-order valence-electron chi connectivity index (χ1n) is 9.44. The number of thiophene rings is 1. The van der Waals surface area contributed by atoms with Crippen molar-refractivity contribution in [2.24, 2.45) is 0 Å². The van der Waals surface area contributed by atoms with E-state index in [1.807, 2.05) is 9.95 Å². The SMILES string of the molecule is CC(C)c1nc2scc(-c3ccc(F)cc3)c2c(=O)n1C1CCN(C)CC1. The van der Waals surface area contributed by atoms with Gasteiger partial charge in [-0.25, -0.2) is 9.37 Å². The van der Waals surface area contributed by atoms with Gasteiger partial charge in [0.2, 0.25) is 0 Å². The minimum atomic E-state index is -0.276. The van der Waals surface area contributed by atoms with E-state index >= 15 is 0 Å². The lowest BCUT2D eigenvalue weighted by atomic mass is 10.0. The molecule has 4 nitrogen and oxygen atoms in total. The highest BCUT2D eigenvalue weighted by molar-refractivity contribution is 7.17. The van der Waals surface area contributed by atoms with E-state index in [0.29, 0.717) is 5.39 Å². The van der Waals surface area contributed by atoms with E-state index in [1.165, 1.54) is 23.5 Å². The van der Waals surface area contributed by atoms with Gasteiger partial charge in [-0.1, -0.05) is 26.0 Å². The van der Waals surface area contributed by atoms with Gasteiger partial charge in [-0.05, 0) is 50.7 Å². The van der Waals surface area contributed by atoms with Crippen LogP contribution < -0.4 is 5.56 Å². The van der Waals surface area contributed by atoms with Crippen LogP contribution in [0.2, 0.25) is 0 Å². The molecule has 0 amide bonds. The summed E-state index contributed by atoms with van der Waals surface area (Å²) in [6.45, 7) is 6.16. The fraction of sp³-hybridized carbons (Fsp3) is 0.429. The molecule has 0 saturated carbocycles. The van der Waals surface area contributed by atoms with Crippen molar-refractivity contribution in [2.75, 3.05) is 20.1 Å². The second-order valence-corrected chi connectivity index (χ2v) is 8.53. The molecule has 142 valence electrons. The molecule has 0 N–H and O–H groups in total. The van der Waals surface area contributed by atoms with E-state index in [4.69, 9.17) is 4.98 Å². The summed E-state index contributed by atoms with van der Waals surface area (Å²) in [6.07, 6.45) is 1.92. The maximum absolute atomic E-state index is 13.6. The maximum atomic E-state index is 13.6. The van der Waals surface area contributed by atoms with Crippen LogP contribution in [0.4, 0.5) is 4.39 Å². The third-order valence-corrected chi connectivity index (χ3v) is 6.26. The molecular formula is C21H24FN3OS. The largest absolute Gasteiger partial charge is 0.306 e. The number of rotatable bonds is 3. The highest BCUT2D eigenvalue weighted by atomic mass is 32.1. The van der Waals surface area contributed by atoms with Gasteiger partial charge < -0.3 is 4.90 Å². The number of nitrogens with zero attached hydrogens (tertiary/aromatic N) is 3. The van der Waals surface area contributed by atoms with Crippen LogP contribution in [-0.2, 0) is 0 Å². The standard InChI is InChI=1S/C21H24FN3OS/c1-13(2)19-23-20-18(17(12-27-20)14-4-6-15(22)7-5-14)21(26)25(19)16-8-10-24(3)11-9-16/h4-7,12-13,16H,8-11H2,1-3H3. The lowest BCUT2D eigenvalue weighted by molar-refractivity contribution is 0.215. The fourth-order valence-electron chi connectivity index (χ4n) is 3.87. The Morgan fingerprint density at radius 2 is 1.85 bits per heavy atom. The van der Waals surface area contributed by atoms with Gasteiger partial charge in [-0.2, -0.15) is 0 Å². The molecule has 1 saturated heterocycles. The summed E-state index contributed by atoms with van der Waals surface area (Å²) in [7, 11) is 2.12. The first-order chi connectivity index (χ1) is 13.0. The lowest BCUT2D eigenvalue weighted by Crippen LogP contribution is -2.37. The molecule has 1 aliphatic rings. The summed E-state index contributed by atoms with van der Waals surface area (Å²) in [5, 5.41) is 2.63. The minimum Gasteiger partial charge on any atom is -0.306 e. The number of piperidine rings is 1. The zero-order valence-corrected chi connectivity index (χ0v) is 16.7. The topological polar surface area (TPSA) is 38.1 Å². The molecule has 4 rings (SSSR count). The molecule has 1 aromatic carbocycles. The van der Waals surface area contributed by atoms with E-state index in [9.17, 15) is 9.18 Å². The minimum absolute atomic E-state index is 0.0406. The van der Waals surface area contributed by atoms with Crippen molar-refractivity contribution >= 4 is 21.6 Å². The summed E-state index contributed by atoms with van der Waals surface area (Å²) < 4.78 is 15.3. The average Bonchev–Trinajstić information content (AvgIpc) is 3.07. The maximum Gasteiger partial charge on any atom is 0.263 e. The third kappa shape index (κ3) is 3.32. The van der Waals surface area contributed by atoms with Crippen molar-refractivity contribution in [3.8, 4) is 11.1 Å². The molecule has 27 heavy (non-hydrogen) atoms. The molecule has 0 unspecified atom stereocenters. The molecule has 1 aliphatic heterocycles. The van der Waals surface area contributed by atoms with Gasteiger partial charge in [0.05, 0.1) is 5.39 Å². The van der Waals surface area contributed by atoms with Crippen LogP contribution in [0.25, 0.3) is 21.3 Å². The van der Waals surface area contributed by atoms with Crippen molar-refractivity contribution in [3.05, 3.63) is 51.6 Å². The Morgan fingerprint density at radius 1 is 1.19 bits per heavy atom. The van der Waals surface area contributed by atoms with Gasteiger partial charge in [0.15, 0.2) is 0 Å². The summed E-state index contributed by atoms with van der Waals surface area (Å²) in [5.74, 6) is 0.773. The summed E-state index contributed by atoms with van der Waals surface area (Å²) in [4.78, 5) is 21.6. The van der Waals surface area contributed by atoms with Gasteiger partial charge in [0.25, 0.3) is 5.56 Å².